The van der Waals surface area contributed by atoms with E-state index in [-0.39, 0.29) is 16.8 Å². The molecule has 0 bridgehead atoms. The van der Waals surface area contributed by atoms with Crippen molar-refractivity contribution in [1.82, 2.24) is 0 Å². The van der Waals surface area contributed by atoms with Gasteiger partial charge in [0.15, 0.2) is 6.29 Å². The Morgan fingerprint density at radius 3 is 2.33 bits per heavy atom. The van der Waals surface area contributed by atoms with Crippen molar-refractivity contribution in [3.05, 3.63) is 39.4 Å². The smallest absolute Gasteiger partial charge is 0.344 e. The van der Waals surface area contributed by atoms with Crippen LogP contribution in [-0.2, 0) is 14.2 Å². The molecule has 0 aromatic heterocycles. The highest BCUT2D eigenvalue weighted by Gasteiger charge is 2.29. The number of hydrogen-bond donors (Lipinski definition) is 0. The van der Waals surface area contributed by atoms with E-state index in [0.717, 1.165) is 7.11 Å². The minimum atomic E-state index is -0.921. The molecule has 0 saturated heterocycles. The summed E-state index contributed by atoms with van der Waals surface area (Å²) in [4.78, 5) is 21.9. The monoisotopic (exact) mass is 255 g/mol. The SMILES string of the molecule is COC(=O)c1cccc(C(OC)OC)c1[N+](=O)[O-]. The first-order valence-corrected chi connectivity index (χ1v) is 4.98. The van der Waals surface area contributed by atoms with Crippen LogP contribution in [0.1, 0.15) is 22.2 Å². The fourth-order valence-electron chi connectivity index (χ4n) is 1.58. The molecule has 0 spiro atoms. The Balaban J connectivity index is 3.43. The number of benzene rings is 1. The molecule has 0 fully saturated rings. The molecule has 0 aliphatic carbocycles. The predicted octanol–water partition coefficient (Wildman–Crippen LogP) is 1.67. The lowest BCUT2D eigenvalue weighted by Gasteiger charge is -2.14. The number of methoxy groups -OCH3 is 3. The zero-order chi connectivity index (χ0) is 13.7. The largest absolute Gasteiger partial charge is 0.465 e. The molecular formula is C11H13NO6. The van der Waals surface area contributed by atoms with Gasteiger partial charge in [-0.2, -0.15) is 0 Å². The fraction of sp³-hybridized carbons (Fsp3) is 0.364. The number of nitro groups is 1. The molecular weight excluding hydrogens is 242 g/mol. The van der Waals surface area contributed by atoms with E-state index in [0.29, 0.717) is 0 Å². The molecule has 0 heterocycles. The van der Waals surface area contributed by atoms with Crippen LogP contribution in [0.15, 0.2) is 18.2 Å². The number of nitrogens with zero attached hydrogens (tertiary/aromatic N) is 1. The second kappa shape index (κ2) is 6.08. The van der Waals surface area contributed by atoms with E-state index in [2.05, 4.69) is 4.74 Å². The van der Waals surface area contributed by atoms with Gasteiger partial charge < -0.3 is 14.2 Å². The summed E-state index contributed by atoms with van der Waals surface area (Å²) in [5, 5.41) is 11.1. The number of ether oxygens (including phenoxy) is 3. The lowest BCUT2D eigenvalue weighted by Crippen LogP contribution is -2.12. The topological polar surface area (TPSA) is 87.9 Å². The summed E-state index contributed by atoms with van der Waals surface area (Å²) in [5.74, 6) is -0.783. The van der Waals surface area contributed by atoms with E-state index in [1.807, 2.05) is 0 Å². The highest BCUT2D eigenvalue weighted by atomic mass is 16.7. The first-order chi connectivity index (χ1) is 8.56. The van der Waals surface area contributed by atoms with Crippen LogP contribution in [0.5, 0.6) is 0 Å². The Bertz CT molecular complexity index is 455. The molecule has 1 aromatic rings. The summed E-state index contributed by atoms with van der Waals surface area (Å²) in [6, 6.07) is 4.28. The molecule has 1 aromatic carbocycles. The first kappa shape index (κ1) is 14.1. The van der Waals surface area contributed by atoms with Crippen LogP contribution in [0.25, 0.3) is 0 Å². The fourth-order valence-corrected chi connectivity index (χ4v) is 1.58. The van der Waals surface area contributed by atoms with Crippen LogP contribution < -0.4 is 0 Å². The van der Waals surface area contributed by atoms with E-state index >= 15 is 0 Å². The van der Waals surface area contributed by atoms with Crippen molar-refractivity contribution in [2.75, 3.05) is 21.3 Å². The lowest BCUT2D eigenvalue weighted by atomic mass is 10.1. The molecule has 98 valence electrons. The first-order valence-electron chi connectivity index (χ1n) is 4.98. The Labute approximate surface area is 103 Å². The van der Waals surface area contributed by atoms with Crippen molar-refractivity contribution in [3.63, 3.8) is 0 Å². The normalized spacial score (nSPS) is 10.4. The third-order valence-electron chi connectivity index (χ3n) is 2.34. The van der Waals surface area contributed by atoms with Gasteiger partial charge in [0.05, 0.1) is 17.6 Å². The molecule has 7 nitrogen and oxygen atoms in total. The van der Waals surface area contributed by atoms with Gasteiger partial charge in [0, 0.05) is 14.2 Å². The second-order valence-electron chi connectivity index (χ2n) is 3.30. The van der Waals surface area contributed by atoms with Crippen LogP contribution in [0.4, 0.5) is 5.69 Å². The summed E-state index contributed by atoms with van der Waals surface area (Å²) in [7, 11) is 3.86. The van der Waals surface area contributed by atoms with Gasteiger partial charge in [-0.1, -0.05) is 6.07 Å². The summed E-state index contributed by atoms with van der Waals surface area (Å²) in [6.45, 7) is 0. The highest BCUT2D eigenvalue weighted by molar-refractivity contribution is 5.94. The molecule has 0 atom stereocenters. The maximum Gasteiger partial charge on any atom is 0.344 e. The van der Waals surface area contributed by atoms with Gasteiger partial charge in [0.25, 0.3) is 5.69 Å². The zero-order valence-electron chi connectivity index (χ0n) is 10.2. The van der Waals surface area contributed by atoms with E-state index in [1.54, 1.807) is 0 Å². The number of nitro benzene ring substituents is 1. The average molecular weight is 255 g/mol. The van der Waals surface area contributed by atoms with Crippen LogP contribution in [0.3, 0.4) is 0 Å². The van der Waals surface area contributed by atoms with Crippen molar-refractivity contribution in [2.24, 2.45) is 0 Å². The van der Waals surface area contributed by atoms with Crippen molar-refractivity contribution >= 4 is 11.7 Å². The standard InChI is InChI=1S/C11H13NO6/c1-16-10(13)7-5-4-6-8(9(7)12(14)15)11(17-2)18-3/h4-6,11H,1-3H3. The second-order valence-corrected chi connectivity index (χ2v) is 3.30. The van der Waals surface area contributed by atoms with Crippen LogP contribution >= 0.6 is 0 Å². The third-order valence-corrected chi connectivity index (χ3v) is 2.34. The van der Waals surface area contributed by atoms with Gasteiger partial charge in [-0.3, -0.25) is 10.1 Å². The number of para-hydroxylation sites is 1. The number of rotatable bonds is 5. The van der Waals surface area contributed by atoms with Gasteiger partial charge >= 0.3 is 5.97 Å². The zero-order valence-corrected chi connectivity index (χ0v) is 10.2. The molecule has 0 N–H and O–H groups in total. The van der Waals surface area contributed by atoms with E-state index < -0.39 is 17.2 Å². The molecule has 0 amide bonds. The van der Waals surface area contributed by atoms with Crippen molar-refractivity contribution < 1.29 is 23.9 Å². The molecule has 1 rings (SSSR count). The van der Waals surface area contributed by atoms with Gasteiger partial charge in [0.2, 0.25) is 0 Å². The number of esters is 1. The molecule has 0 saturated carbocycles. The predicted molar refractivity (Wildman–Crippen MR) is 61.2 cm³/mol. The van der Waals surface area contributed by atoms with E-state index in [4.69, 9.17) is 9.47 Å². The lowest BCUT2D eigenvalue weighted by molar-refractivity contribution is -0.387. The average Bonchev–Trinajstić information content (AvgIpc) is 2.38. The number of carbonyl (C=O) groups excluding carboxylic acids is 1. The van der Waals surface area contributed by atoms with Crippen LogP contribution in [0, 0.1) is 10.1 Å². The van der Waals surface area contributed by atoms with Crippen molar-refractivity contribution in [1.29, 1.82) is 0 Å². The van der Waals surface area contributed by atoms with Crippen molar-refractivity contribution in [3.8, 4) is 0 Å². The summed E-state index contributed by atoms with van der Waals surface area (Å²) in [5.41, 5.74) is -0.356. The molecule has 0 unspecified atom stereocenters. The summed E-state index contributed by atoms with van der Waals surface area (Å²) >= 11 is 0. The van der Waals surface area contributed by atoms with Crippen LogP contribution in [-0.4, -0.2) is 32.2 Å². The summed E-state index contributed by atoms with van der Waals surface area (Å²) < 4.78 is 14.4. The molecule has 0 aliphatic rings. The Hall–Kier alpha value is -1.99. The Kier molecular flexibility index (Phi) is 4.75. The molecule has 0 radical (unpaired) electrons. The third kappa shape index (κ3) is 2.63. The maximum absolute atomic E-state index is 11.5. The van der Waals surface area contributed by atoms with Gasteiger partial charge in [-0.15, -0.1) is 0 Å². The minimum Gasteiger partial charge on any atom is -0.465 e. The Morgan fingerprint density at radius 2 is 1.89 bits per heavy atom. The summed E-state index contributed by atoms with van der Waals surface area (Å²) in [6.07, 6.45) is -0.921. The highest BCUT2D eigenvalue weighted by Crippen LogP contribution is 2.31. The van der Waals surface area contributed by atoms with Crippen LogP contribution in [0.2, 0.25) is 0 Å². The molecule has 18 heavy (non-hydrogen) atoms. The molecule has 7 heteroatoms. The Morgan fingerprint density at radius 1 is 1.28 bits per heavy atom. The number of hydrogen-bond acceptors (Lipinski definition) is 6. The van der Waals surface area contributed by atoms with E-state index in [1.165, 1.54) is 32.4 Å². The van der Waals surface area contributed by atoms with Crippen molar-refractivity contribution in [2.45, 2.75) is 6.29 Å². The minimum absolute atomic E-state index is 0.140. The number of carbonyl (C=O) groups is 1. The van der Waals surface area contributed by atoms with Gasteiger partial charge in [0.1, 0.15) is 5.56 Å². The van der Waals surface area contributed by atoms with E-state index in [9.17, 15) is 14.9 Å². The molecule has 0 aliphatic heterocycles. The van der Waals surface area contributed by atoms with Gasteiger partial charge in [-0.25, -0.2) is 4.79 Å². The quantitative estimate of drug-likeness (QED) is 0.344. The van der Waals surface area contributed by atoms with Gasteiger partial charge in [-0.05, 0) is 12.1 Å². The maximum atomic E-state index is 11.5.